The van der Waals surface area contributed by atoms with Gasteiger partial charge >= 0.3 is 0 Å². The standard InChI is InChI=1S/C26H27N5O4/c1-16-7-5-6-8-18(16)14-22-28-23(30-29-22)24(32)27-19-15-35-21-10-9-17(11-12-26(2,3)34)13-20(21)31(4)25(19)33/h5-10,13,19,22,34H,14-15H2,1-4H3,(H,27,32). The lowest BCUT2D eigenvalue weighted by molar-refractivity contribution is -0.124. The fraction of sp³-hybridized carbons (Fsp3) is 0.346. The van der Waals surface area contributed by atoms with Crippen molar-refractivity contribution in [1.82, 2.24) is 5.32 Å². The first-order valence-electron chi connectivity index (χ1n) is 11.2. The van der Waals surface area contributed by atoms with E-state index in [4.69, 9.17) is 4.74 Å². The molecule has 0 saturated carbocycles. The zero-order valence-corrected chi connectivity index (χ0v) is 20.1. The Morgan fingerprint density at radius 2 is 2.06 bits per heavy atom. The number of amidine groups is 1. The number of anilines is 1. The number of benzene rings is 2. The lowest BCUT2D eigenvalue weighted by Crippen LogP contribution is -2.50. The highest BCUT2D eigenvalue weighted by Gasteiger charge is 2.32. The molecule has 9 nitrogen and oxygen atoms in total. The summed E-state index contributed by atoms with van der Waals surface area (Å²) >= 11 is 0. The van der Waals surface area contributed by atoms with Gasteiger partial charge in [0.1, 0.15) is 24.0 Å². The number of carbonyl (C=O) groups is 2. The van der Waals surface area contributed by atoms with Crippen molar-refractivity contribution in [3.05, 3.63) is 59.2 Å². The van der Waals surface area contributed by atoms with Crippen molar-refractivity contribution >= 4 is 23.3 Å². The van der Waals surface area contributed by atoms with Crippen molar-refractivity contribution in [3.8, 4) is 17.6 Å². The molecule has 2 aromatic carbocycles. The van der Waals surface area contributed by atoms with Gasteiger partial charge in [-0.25, -0.2) is 4.99 Å². The average Bonchev–Trinajstić information content (AvgIpc) is 3.25. The van der Waals surface area contributed by atoms with Crippen LogP contribution in [0.25, 0.3) is 0 Å². The second kappa shape index (κ2) is 9.68. The average molecular weight is 474 g/mol. The van der Waals surface area contributed by atoms with E-state index in [-0.39, 0.29) is 18.3 Å². The van der Waals surface area contributed by atoms with Gasteiger partial charge in [0, 0.05) is 19.0 Å². The smallest absolute Gasteiger partial charge is 0.291 e. The van der Waals surface area contributed by atoms with Crippen molar-refractivity contribution < 1.29 is 19.4 Å². The molecule has 2 aliphatic rings. The van der Waals surface area contributed by atoms with Crippen LogP contribution in [0.3, 0.4) is 0 Å². The molecule has 35 heavy (non-hydrogen) atoms. The van der Waals surface area contributed by atoms with Crippen molar-refractivity contribution in [2.24, 2.45) is 15.2 Å². The molecular weight excluding hydrogens is 446 g/mol. The maximum Gasteiger partial charge on any atom is 0.291 e. The van der Waals surface area contributed by atoms with E-state index in [9.17, 15) is 14.7 Å². The van der Waals surface area contributed by atoms with Gasteiger partial charge in [-0.2, -0.15) is 5.11 Å². The number of rotatable bonds is 4. The number of azo groups is 1. The Morgan fingerprint density at radius 3 is 2.80 bits per heavy atom. The zero-order valence-electron chi connectivity index (χ0n) is 20.1. The molecule has 0 bridgehead atoms. The molecule has 0 spiro atoms. The molecule has 0 aromatic heterocycles. The highest BCUT2D eigenvalue weighted by Crippen LogP contribution is 2.31. The van der Waals surface area contributed by atoms with E-state index in [1.807, 2.05) is 31.2 Å². The van der Waals surface area contributed by atoms with Crippen molar-refractivity contribution in [3.63, 3.8) is 0 Å². The summed E-state index contributed by atoms with van der Waals surface area (Å²) in [4.78, 5) is 31.6. The maximum absolute atomic E-state index is 13.1. The van der Waals surface area contributed by atoms with Crippen LogP contribution in [0.4, 0.5) is 5.69 Å². The summed E-state index contributed by atoms with van der Waals surface area (Å²) in [6.07, 6.45) is 0.0584. The summed E-state index contributed by atoms with van der Waals surface area (Å²) in [5, 5.41) is 20.5. The maximum atomic E-state index is 13.1. The number of aliphatic imine (C=N–C) groups is 1. The molecule has 2 unspecified atom stereocenters. The lowest BCUT2D eigenvalue weighted by Gasteiger charge is -2.20. The molecule has 180 valence electrons. The van der Waals surface area contributed by atoms with E-state index in [0.717, 1.165) is 11.1 Å². The number of aliphatic hydroxyl groups is 1. The Hall–Kier alpha value is -4.03. The van der Waals surface area contributed by atoms with Gasteiger partial charge in [-0.1, -0.05) is 36.1 Å². The molecule has 2 aromatic rings. The van der Waals surface area contributed by atoms with Crippen LogP contribution in [0, 0.1) is 18.8 Å². The highest BCUT2D eigenvalue weighted by atomic mass is 16.5. The van der Waals surface area contributed by atoms with E-state index in [0.29, 0.717) is 23.4 Å². The number of aryl methyl sites for hydroxylation is 1. The predicted molar refractivity (Wildman–Crippen MR) is 131 cm³/mol. The Balaban J connectivity index is 1.44. The number of nitrogens with zero attached hydrogens (tertiary/aromatic N) is 4. The molecule has 4 rings (SSSR count). The molecule has 2 heterocycles. The van der Waals surface area contributed by atoms with E-state index in [2.05, 4.69) is 32.4 Å². The Labute approximate surface area is 203 Å². The summed E-state index contributed by atoms with van der Waals surface area (Å²) in [5.41, 5.74) is 2.20. The SMILES string of the molecule is Cc1ccccc1CC1N=NC(C(=O)NC2COc3ccc(C#CC(C)(C)O)cc3N(C)C2=O)=N1. The molecule has 2 aliphatic heterocycles. The van der Waals surface area contributed by atoms with Gasteiger partial charge in [0.2, 0.25) is 5.84 Å². The topological polar surface area (TPSA) is 116 Å². The molecule has 2 N–H and O–H groups in total. The van der Waals surface area contributed by atoms with Crippen LogP contribution in [0.15, 0.2) is 57.7 Å². The van der Waals surface area contributed by atoms with Crippen LogP contribution >= 0.6 is 0 Å². The molecular formula is C26H27N5O4. The van der Waals surface area contributed by atoms with E-state index >= 15 is 0 Å². The number of amides is 2. The quantitative estimate of drug-likeness (QED) is 0.664. The first kappa shape index (κ1) is 24.1. The monoisotopic (exact) mass is 473 g/mol. The van der Waals surface area contributed by atoms with Gasteiger partial charge in [0.25, 0.3) is 11.8 Å². The summed E-state index contributed by atoms with van der Waals surface area (Å²) in [7, 11) is 1.60. The van der Waals surface area contributed by atoms with Crippen LogP contribution in [-0.4, -0.2) is 54.2 Å². The number of hydrogen-bond donors (Lipinski definition) is 2. The Morgan fingerprint density at radius 1 is 1.29 bits per heavy atom. The zero-order chi connectivity index (χ0) is 25.2. The normalized spacial score (nSPS) is 19.2. The summed E-state index contributed by atoms with van der Waals surface area (Å²) < 4.78 is 5.81. The third-order valence-corrected chi connectivity index (χ3v) is 5.60. The minimum absolute atomic E-state index is 0.0479. The number of hydrogen-bond acceptors (Lipinski definition) is 7. The summed E-state index contributed by atoms with van der Waals surface area (Å²) in [6, 6.07) is 12.1. The molecule has 9 heteroatoms. The molecule has 0 aliphatic carbocycles. The second-order valence-electron chi connectivity index (χ2n) is 9.01. The fourth-order valence-electron chi connectivity index (χ4n) is 3.67. The second-order valence-corrected chi connectivity index (χ2v) is 9.01. The first-order chi connectivity index (χ1) is 16.6. The van der Waals surface area contributed by atoms with Gasteiger partial charge < -0.3 is 20.1 Å². The van der Waals surface area contributed by atoms with Gasteiger partial charge in [-0.15, -0.1) is 5.11 Å². The number of carbonyl (C=O) groups excluding carboxylic acids is 2. The number of nitrogens with one attached hydrogen (secondary N) is 1. The minimum Gasteiger partial charge on any atom is -0.489 e. The van der Waals surface area contributed by atoms with Crippen LogP contribution in [-0.2, 0) is 16.0 Å². The highest BCUT2D eigenvalue weighted by molar-refractivity contribution is 6.38. The van der Waals surface area contributed by atoms with Gasteiger partial charge in [0.05, 0.1) is 5.69 Å². The van der Waals surface area contributed by atoms with Gasteiger partial charge in [-0.3, -0.25) is 9.59 Å². The Kier molecular flexibility index (Phi) is 6.67. The van der Waals surface area contributed by atoms with Crippen LogP contribution < -0.4 is 15.0 Å². The molecule has 0 fully saturated rings. The summed E-state index contributed by atoms with van der Waals surface area (Å²) in [5.74, 6) is 5.13. The van der Waals surface area contributed by atoms with Crippen molar-refractivity contribution in [2.45, 2.75) is 45.0 Å². The summed E-state index contributed by atoms with van der Waals surface area (Å²) in [6.45, 7) is 5.14. The van der Waals surface area contributed by atoms with Crippen LogP contribution in [0.1, 0.15) is 30.5 Å². The molecule has 0 radical (unpaired) electrons. The predicted octanol–water partition coefficient (Wildman–Crippen LogP) is 2.39. The van der Waals surface area contributed by atoms with E-state index in [1.54, 1.807) is 39.1 Å². The van der Waals surface area contributed by atoms with Gasteiger partial charge in [0.15, 0.2) is 6.17 Å². The molecule has 2 amide bonds. The third kappa shape index (κ3) is 5.73. The first-order valence-corrected chi connectivity index (χ1v) is 11.2. The third-order valence-electron chi connectivity index (χ3n) is 5.60. The minimum atomic E-state index is -1.14. The molecule has 2 atom stereocenters. The van der Waals surface area contributed by atoms with E-state index in [1.165, 1.54) is 4.90 Å². The number of ether oxygens (including phenoxy) is 1. The van der Waals surface area contributed by atoms with Crippen molar-refractivity contribution in [2.75, 3.05) is 18.6 Å². The van der Waals surface area contributed by atoms with Gasteiger partial charge in [-0.05, 0) is 50.1 Å². The fourth-order valence-corrected chi connectivity index (χ4v) is 3.67. The number of fused-ring (bicyclic) bond motifs is 1. The number of likely N-dealkylation sites (N-methyl/N-ethyl adjacent to an activating group) is 1. The van der Waals surface area contributed by atoms with E-state index < -0.39 is 23.7 Å². The Bertz CT molecular complexity index is 1280. The largest absolute Gasteiger partial charge is 0.489 e. The van der Waals surface area contributed by atoms with Crippen molar-refractivity contribution in [1.29, 1.82) is 0 Å². The molecule has 0 saturated heterocycles. The lowest BCUT2D eigenvalue weighted by atomic mass is 10.1. The van der Waals surface area contributed by atoms with Crippen LogP contribution in [0.2, 0.25) is 0 Å². The van der Waals surface area contributed by atoms with Crippen LogP contribution in [0.5, 0.6) is 5.75 Å².